The highest BCUT2D eigenvalue weighted by atomic mass is 19.1. The van der Waals surface area contributed by atoms with Crippen molar-refractivity contribution in [3.8, 4) is 0 Å². The largest absolute Gasteiger partial charge is 0.481 e. The number of para-hydroxylation sites is 1. The monoisotopic (exact) mass is 341 g/mol. The van der Waals surface area contributed by atoms with Gasteiger partial charge in [0.05, 0.1) is 5.92 Å². The number of rotatable bonds is 6. The van der Waals surface area contributed by atoms with Crippen molar-refractivity contribution >= 4 is 17.6 Å². The first-order valence-corrected chi connectivity index (χ1v) is 7.74. The van der Waals surface area contributed by atoms with E-state index in [2.05, 4.69) is 10.2 Å². The summed E-state index contributed by atoms with van der Waals surface area (Å²) in [5.41, 5.74) is -0.550. The SMILES string of the molecule is CN1CCN(CC(CC(=O)Nc2c(F)cccc2F)C(=O)O)CC1. The van der Waals surface area contributed by atoms with Crippen LogP contribution in [0.3, 0.4) is 0 Å². The molecule has 1 aliphatic heterocycles. The lowest BCUT2D eigenvalue weighted by Crippen LogP contribution is -2.47. The summed E-state index contributed by atoms with van der Waals surface area (Å²) in [6.07, 6.45) is -0.338. The third-order valence-corrected chi connectivity index (χ3v) is 4.08. The van der Waals surface area contributed by atoms with Gasteiger partial charge in [0.2, 0.25) is 5.91 Å². The molecule has 1 aromatic carbocycles. The first-order chi connectivity index (χ1) is 11.4. The lowest BCUT2D eigenvalue weighted by atomic mass is 10.0. The van der Waals surface area contributed by atoms with E-state index in [0.717, 1.165) is 38.3 Å². The average Bonchev–Trinajstić information content (AvgIpc) is 2.52. The van der Waals surface area contributed by atoms with Crippen LogP contribution in [0.4, 0.5) is 14.5 Å². The van der Waals surface area contributed by atoms with Crippen LogP contribution in [0.5, 0.6) is 0 Å². The first kappa shape index (κ1) is 18.3. The fourth-order valence-electron chi connectivity index (χ4n) is 2.60. The molecule has 0 spiro atoms. The standard InChI is InChI=1S/C16H21F2N3O3/c1-20-5-7-21(8-6-20)10-11(16(23)24)9-14(22)19-15-12(17)3-2-4-13(15)18/h2-4,11H,5-10H2,1H3,(H,19,22)(H,23,24). The van der Waals surface area contributed by atoms with E-state index in [4.69, 9.17) is 0 Å². The minimum atomic E-state index is -1.10. The molecule has 6 nitrogen and oxygen atoms in total. The summed E-state index contributed by atoms with van der Waals surface area (Å²) >= 11 is 0. The number of nitrogens with one attached hydrogen (secondary N) is 1. The van der Waals surface area contributed by atoms with Crippen molar-refractivity contribution in [3.05, 3.63) is 29.8 Å². The third kappa shape index (κ3) is 4.97. The molecule has 0 saturated carbocycles. The summed E-state index contributed by atoms with van der Waals surface area (Å²) in [5.74, 6) is -4.54. The molecule has 1 saturated heterocycles. The molecular weight excluding hydrogens is 320 g/mol. The molecule has 1 amide bonds. The topological polar surface area (TPSA) is 72.9 Å². The summed E-state index contributed by atoms with van der Waals surface area (Å²) < 4.78 is 27.1. The normalized spacial score (nSPS) is 17.5. The molecular formula is C16H21F2N3O3. The smallest absolute Gasteiger partial charge is 0.308 e. The number of likely N-dealkylation sites (N-methyl/N-ethyl adjacent to an activating group) is 1. The number of carboxylic acids is 1. The van der Waals surface area contributed by atoms with Crippen molar-refractivity contribution in [1.29, 1.82) is 0 Å². The number of amides is 1. The van der Waals surface area contributed by atoms with Gasteiger partial charge in [0.25, 0.3) is 0 Å². The van der Waals surface area contributed by atoms with Gasteiger partial charge in [0, 0.05) is 39.1 Å². The first-order valence-electron chi connectivity index (χ1n) is 7.74. The van der Waals surface area contributed by atoms with Gasteiger partial charge in [-0.2, -0.15) is 0 Å². The zero-order valence-corrected chi connectivity index (χ0v) is 13.5. The fraction of sp³-hybridized carbons (Fsp3) is 0.500. The molecule has 2 N–H and O–H groups in total. The molecule has 0 bridgehead atoms. The Bertz CT molecular complexity index is 584. The Kier molecular flexibility index (Phi) is 6.22. The minimum absolute atomic E-state index is 0.232. The summed E-state index contributed by atoms with van der Waals surface area (Å²) in [6, 6.07) is 3.24. The number of carboxylic acid groups (broad SMARTS) is 1. The number of benzene rings is 1. The Labute approximate surface area is 139 Å². The Morgan fingerprint density at radius 2 is 1.79 bits per heavy atom. The maximum atomic E-state index is 13.5. The molecule has 1 atom stereocenters. The maximum Gasteiger partial charge on any atom is 0.308 e. The van der Waals surface area contributed by atoms with Gasteiger partial charge in [-0.05, 0) is 19.2 Å². The van der Waals surface area contributed by atoms with Crippen LogP contribution in [0.2, 0.25) is 0 Å². The van der Waals surface area contributed by atoms with Gasteiger partial charge >= 0.3 is 5.97 Å². The van der Waals surface area contributed by atoms with Crippen LogP contribution in [0, 0.1) is 17.6 Å². The predicted octanol–water partition coefficient (Wildman–Crippen LogP) is 1.24. The van der Waals surface area contributed by atoms with E-state index >= 15 is 0 Å². The van der Waals surface area contributed by atoms with Gasteiger partial charge in [-0.1, -0.05) is 6.07 Å². The molecule has 1 aromatic rings. The Balaban J connectivity index is 1.95. The van der Waals surface area contributed by atoms with Gasteiger partial charge < -0.3 is 15.3 Å². The van der Waals surface area contributed by atoms with Crippen molar-refractivity contribution in [2.24, 2.45) is 5.92 Å². The Morgan fingerprint density at radius 3 is 2.33 bits per heavy atom. The molecule has 2 rings (SSSR count). The zero-order chi connectivity index (χ0) is 17.7. The highest BCUT2D eigenvalue weighted by Crippen LogP contribution is 2.19. The molecule has 0 aliphatic carbocycles. The quantitative estimate of drug-likeness (QED) is 0.815. The lowest BCUT2D eigenvalue weighted by Gasteiger charge is -2.33. The highest BCUT2D eigenvalue weighted by Gasteiger charge is 2.26. The Hall–Kier alpha value is -2.06. The van der Waals surface area contributed by atoms with E-state index in [1.165, 1.54) is 6.07 Å². The number of halogens is 2. The second-order valence-corrected chi connectivity index (χ2v) is 5.99. The maximum absolute atomic E-state index is 13.5. The van der Waals surface area contributed by atoms with E-state index < -0.39 is 35.1 Å². The molecule has 1 heterocycles. The van der Waals surface area contributed by atoms with Crippen LogP contribution >= 0.6 is 0 Å². The number of anilines is 1. The van der Waals surface area contributed by atoms with Gasteiger partial charge in [0.15, 0.2) is 0 Å². The lowest BCUT2D eigenvalue weighted by molar-refractivity contribution is -0.144. The number of aliphatic carboxylic acids is 1. The van der Waals surface area contributed by atoms with Crippen molar-refractivity contribution in [2.45, 2.75) is 6.42 Å². The van der Waals surface area contributed by atoms with Crippen LogP contribution in [0.25, 0.3) is 0 Å². The van der Waals surface area contributed by atoms with Crippen LogP contribution in [0.15, 0.2) is 18.2 Å². The predicted molar refractivity (Wildman–Crippen MR) is 84.7 cm³/mol. The van der Waals surface area contributed by atoms with Gasteiger partial charge in [0.1, 0.15) is 17.3 Å². The molecule has 132 valence electrons. The third-order valence-electron chi connectivity index (χ3n) is 4.08. The molecule has 0 radical (unpaired) electrons. The zero-order valence-electron chi connectivity index (χ0n) is 13.5. The summed E-state index contributed by atoms with van der Waals surface area (Å²) in [4.78, 5) is 27.5. The second kappa shape index (κ2) is 8.16. The number of nitrogens with zero attached hydrogens (tertiary/aromatic N) is 2. The summed E-state index contributed by atoms with van der Waals surface area (Å²) in [5, 5.41) is 11.4. The van der Waals surface area contributed by atoms with Crippen LogP contribution < -0.4 is 5.32 Å². The molecule has 24 heavy (non-hydrogen) atoms. The van der Waals surface area contributed by atoms with E-state index in [1.54, 1.807) is 0 Å². The van der Waals surface area contributed by atoms with E-state index in [0.29, 0.717) is 0 Å². The summed E-state index contributed by atoms with van der Waals surface area (Å²) in [7, 11) is 1.99. The molecule has 1 aliphatic rings. The van der Waals surface area contributed by atoms with E-state index in [1.807, 2.05) is 11.9 Å². The van der Waals surface area contributed by atoms with Crippen LogP contribution in [0.1, 0.15) is 6.42 Å². The average molecular weight is 341 g/mol. The van der Waals surface area contributed by atoms with Crippen LogP contribution in [-0.4, -0.2) is 66.6 Å². The molecule has 0 aromatic heterocycles. The molecule has 1 unspecified atom stereocenters. The van der Waals surface area contributed by atoms with E-state index in [-0.39, 0.29) is 13.0 Å². The number of hydrogen-bond donors (Lipinski definition) is 2. The summed E-state index contributed by atoms with van der Waals surface area (Å²) in [6.45, 7) is 3.35. The Morgan fingerprint density at radius 1 is 1.21 bits per heavy atom. The van der Waals surface area contributed by atoms with Crippen molar-refractivity contribution < 1.29 is 23.5 Å². The number of carbonyl (C=O) groups excluding carboxylic acids is 1. The van der Waals surface area contributed by atoms with Crippen LogP contribution in [-0.2, 0) is 9.59 Å². The van der Waals surface area contributed by atoms with Gasteiger partial charge in [-0.15, -0.1) is 0 Å². The highest BCUT2D eigenvalue weighted by molar-refractivity contribution is 5.93. The van der Waals surface area contributed by atoms with Crippen molar-refractivity contribution in [3.63, 3.8) is 0 Å². The van der Waals surface area contributed by atoms with E-state index in [9.17, 15) is 23.5 Å². The number of hydrogen-bond acceptors (Lipinski definition) is 4. The number of carbonyl (C=O) groups is 2. The van der Waals surface area contributed by atoms with Gasteiger partial charge in [-0.25, -0.2) is 8.78 Å². The minimum Gasteiger partial charge on any atom is -0.481 e. The van der Waals surface area contributed by atoms with Crippen molar-refractivity contribution in [2.75, 3.05) is 45.1 Å². The van der Waals surface area contributed by atoms with Crippen molar-refractivity contribution in [1.82, 2.24) is 9.80 Å². The molecule has 8 heteroatoms. The van der Waals surface area contributed by atoms with Gasteiger partial charge in [-0.3, -0.25) is 14.5 Å². The fourth-order valence-corrected chi connectivity index (χ4v) is 2.60. The molecule has 1 fully saturated rings. The number of piperazine rings is 1. The second-order valence-electron chi connectivity index (χ2n) is 5.99.